The van der Waals surface area contributed by atoms with Crippen LogP contribution in [0.15, 0.2) is 84.9 Å². The molecule has 146 valence electrons. The molecule has 3 aromatic carbocycles. The fourth-order valence-electron chi connectivity index (χ4n) is 3.13. The summed E-state index contributed by atoms with van der Waals surface area (Å²) in [6.07, 6.45) is -0.280. The zero-order chi connectivity index (χ0) is 19.5. The normalized spacial score (nSPS) is 21.0. The first kappa shape index (κ1) is 18.3. The van der Waals surface area contributed by atoms with E-state index in [1.807, 2.05) is 84.9 Å². The lowest BCUT2D eigenvalue weighted by Crippen LogP contribution is -2.28. The number of para-hydroxylation sites is 1. The smallest absolute Gasteiger partial charge is 0.432 e. The topological polar surface area (TPSA) is 65.6 Å². The van der Waals surface area contributed by atoms with Crippen LogP contribution in [0.1, 0.15) is 17.4 Å². The largest absolute Gasteiger partial charge is 0.458 e. The van der Waals surface area contributed by atoms with Crippen molar-refractivity contribution in [3.63, 3.8) is 0 Å². The van der Waals surface area contributed by atoms with E-state index in [1.165, 1.54) is 0 Å². The lowest BCUT2D eigenvalue weighted by molar-refractivity contribution is -0.128. The Morgan fingerprint density at radius 1 is 0.862 bits per heavy atom. The Labute approximate surface area is 169 Å². The number of nitrogens with one attached hydrogen (secondary N) is 1. The number of aromatic nitrogens is 2. The van der Waals surface area contributed by atoms with Gasteiger partial charge < -0.3 is 4.74 Å². The van der Waals surface area contributed by atoms with E-state index in [0.717, 1.165) is 22.0 Å². The Bertz CT molecular complexity index is 1080. The fraction of sp³-hybridized carbons (Fsp3) is 0.136. The average molecular weight is 407 g/mol. The minimum absolute atomic E-state index is 0.165. The summed E-state index contributed by atoms with van der Waals surface area (Å²) in [5, 5.41) is 8.13. The van der Waals surface area contributed by atoms with Crippen LogP contribution < -0.4 is 4.74 Å². The minimum Gasteiger partial charge on any atom is -0.432 e. The Balaban J connectivity index is 1.31. The summed E-state index contributed by atoms with van der Waals surface area (Å²) in [6, 6.07) is 27.6. The summed E-state index contributed by atoms with van der Waals surface area (Å²) < 4.78 is 24.4. The van der Waals surface area contributed by atoms with Crippen LogP contribution in [0.4, 0.5) is 0 Å². The number of hydrogen-bond acceptors (Lipinski definition) is 5. The molecule has 0 radical (unpaired) electrons. The van der Waals surface area contributed by atoms with Crippen molar-refractivity contribution in [1.29, 1.82) is 0 Å². The Morgan fingerprint density at radius 2 is 1.55 bits per heavy atom. The van der Waals surface area contributed by atoms with E-state index in [4.69, 9.17) is 18.3 Å². The molecule has 7 heteroatoms. The van der Waals surface area contributed by atoms with Gasteiger partial charge in [0.15, 0.2) is 0 Å². The highest BCUT2D eigenvalue weighted by Gasteiger charge is 2.62. The summed E-state index contributed by atoms with van der Waals surface area (Å²) in [5.74, 6) is 0.513. The van der Waals surface area contributed by atoms with E-state index in [0.29, 0.717) is 12.5 Å². The molecule has 1 aliphatic rings. The van der Waals surface area contributed by atoms with Gasteiger partial charge in [-0.2, -0.15) is 4.52 Å². The van der Waals surface area contributed by atoms with Gasteiger partial charge in [-0.05, 0) is 17.7 Å². The first-order chi connectivity index (χ1) is 14.3. The summed E-state index contributed by atoms with van der Waals surface area (Å²) in [5.41, 5.74) is 2.92. The third kappa shape index (κ3) is 3.88. The van der Waals surface area contributed by atoms with Crippen molar-refractivity contribution in [2.24, 2.45) is 0 Å². The summed E-state index contributed by atoms with van der Waals surface area (Å²) in [7, 11) is -2.65. The zero-order valence-corrected chi connectivity index (χ0v) is 16.5. The number of H-pyrrole nitrogens is 1. The number of rotatable bonds is 7. The van der Waals surface area contributed by atoms with E-state index >= 15 is 0 Å². The number of ether oxygens (including phenoxy) is 1. The number of aromatic amines is 1. The Kier molecular flexibility index (Phi) is 5.00. The van der Waals surface area contributed by atoms with Crippen LogP contribution in [0.2, 0.25) is 0 Å². The summed E-state index contributed by atoms with van der Waals surface area (Å²) in [6.45, 7) is 0.390. The average Bonchev–Trinajstić information content (AvgIpc) is 3.17. The number of fused-ring (bicyclic) bond motifs is 1. The van der Waals surface area contributed by atoms with Crippen molar-refractivity contribution in [2.45, 2.75) is 12.9 Å². The zero-order valence-electron chi connectivity index (χ0n) is 15.6. The first-order valence-electron chi connectivity index (χ1n) is 9.35. The summed E-state index contributed by atoms with van der Waals surface area (Å²) in [4.78, 5) is 0. The molecule has 29 heavy (non-hydrogen) atoms. The molecule has 1 fully saturated rings. The molecule has 6 nitrogen and oxygen atoms in total. The van der Waals surface area contributed by atoms with Gasteiger partial charge in [0, 0.05) is 5.56 Å². The Hall–Kier alpha value is -2.76. The van der Waals surface area contributed by atoms with E-state index in [9.17, 15) is 0 Å². The molecule has 0 bridgehead atoms. The fourth-order valence-corrected chi connectivity index (χ4v) is 4.91. The molecule has 0 saturated carbocycles. The highest BCUT2D eigenvalue weighted by molar-refractivity contribution is 7.62. The van der Waals surface area contributed by atoms with Crippen LogP contribution in [0.25, 0.3) is 10.9 Å². The molecular weight excluding hydrogens is 387 g/mol. The molecule has 0 atom stereocenters. The lowest BCUT2D eigenvalue weighted by atomic mass is 10.2. The molecule has 2 heterocycles. The van der Waals surface area contributed by atoms with Gasteiger partial charge in [0.1, 0.15) is 6.61 Å². The van der Waals surface area contributed by atoms with Crippen LogP contribution in [0.3, 0.4) is 0 Å². The molecule has 0 aliphatic carbocycles. The second kappa shape index (κ2) is 7.93. The second-order valence-electron chi connectivity index (χ2n) is 6.67. The van der Waals surface area contributed by atoms with Crippen LogP contribution in [-0.4, -0.2) is 16.5 Å². The number of benzene rings is 3. The molecule has 4 aromatic rings. The van der Waals surface area contributed by atoms with Crippen molar-refractivity contribution in [3.05, 3.63) is 96.1 Å². The van der Waals surface area contributed by atoms with E-state index < -0.39 is 14.2 Å². The van der Waals surface area contributed by atoms with Crippen molar-refractivity contribution >= 4 is 18.8 Å². The molecule has 1 aromatic heterocycles. The van der Waals surface area contributed by atoms with Crippen molar-refractivity contribution in [1.82, 2.24) is 10.2 Å². The lowest BCUT2D eigenvalue weighted by Gasteiger charge is -2.34. The molecular formula is C22H20N2O4P+. The van der Waals surface area contributed by atoms with Crippen LogP contribution in [0.5, 0.6) is 5.88 Å². The third-order valence-electron chi connectivity index (χ3n) is 4.65. The standard InChI is InChI=1S/C22H20N2O4P/c1-3-9-17(10-4-1)15-26-29(27-22(28-29)18-11-5-2-6-12-18)16-25-21-19-13-7-8-14-20(19)23-24-21/h1-14,22H,15-16H2,(H,23,24)/q+1. The van der Waals surface area contributed by atoms with Gasteiger partial charge in [-0.3, -0.25) is 5.10 Å². The SMILES string of the molecule is c1ccc(CO[P+]2(COc3n[nH]c4ccccc34)OC(c3ccccc3)O2)cc1. The van der Waals surface area contributed by atoms with Crippen LogP contribution >= 0.6 is 7.94 Å². The van der Waals surface area contributed by atoms with Crippen molar-refractivity contribution in [3.8, 4) is 5.88 Å². The molecule has 1 aliphatic heterocycles. The predicted octanol–water partition coefficient (Wildman–Crippen LogP) is 5.62. The number of nitrogens with zero attached hydrogens (tertiary/aromatic N) is 1. The summed E-state index contributed by atoms with van der Waals surface area (Å²) >= 11 is 0. The van der Waals surface area contributed by atoms with Gasteiger partial charge in [-0.15, -0.1) is 14.1 Å². The first-order valence-corrected chi connectivity index (χ1v) is 11.1. The van der Waals surface area contributed by atoms with E-state index in [-0.39, 0.29) is 6.35 Å². The molecule has 5 rings (SSSR count). The van der Waals surface area contributed by atoms with E-state index in [1.54, 1.807) is 0 Å². The maximum Gasteiger partial charge on any atom is 0.458 e. The molecule has 0 spiro atoms. The minimum atomic E-state index is -2.65. The molecule has 0 amide bonds. The highest BCUT2D eigenvalue weighted by Crippen LogP contribution is 2.75. The predicted molar refractivity (Wildman–Crippen MR) is 111 cm³/mol. The molecule has 1 N–H and O–H groups in total. The van der Waals surface area contributed by atoms with Crippen molar-refractivity contribution in [2.75, 3.05) is 6.35 Å². The highest BCUT2D eigenvalue weighted by atomic mass is 31.2. The Morgan fingerprint density at radius 3 is 2.34 bits per heavy atom. The van der Waals surface area contributed by atoms with Gasteiger partial charge in [0.2, 0.25) is 5.88 Å². The monoisotopic (exact) mass is 407 g/mol. The molecule has 1 saturated heterocycles. The van der Waals surface area contributed by atoms with Crippen LogP contribution in [-0.2, 0) is 20.2 Å². The van der Waals surface area contributed by atoms with Gasteiger partial charge in [-0.1, -0.05) is 72.8 Å². The maximum absolute atomic E-state index is 6.15. The van der Waals surface area contributed by atoms with E-state index in [2.05, 4.69) is 10.2 Å². The third-order valence-corrected chi connectivity index (χ3v) is 6.64. The second-order valence-corrected chi connectivity index (χ2v) is 8.83. The van der Waals surface area contributed by atoms with Gasteiger partial charge >= 0.3 is 7.94 Å². The van der Waals surface area contributed by atoms with Crippen LogP contribution in [0, 0.1) is 0 Å². The number of hydrogen-bond donors (Lipinski definition) is 1. The van der Waals surface area contributed by atoms with Gasteiger partial charge in [0.25, 0.3) is 12.6 Å². The van der Waals surface area contributed by atoms with Gasteiger partial charge in [-0.25, -0.2) is 0 Å². The maximum atomic E-state index is 6.15. The van der Waals surface area contributed by atoms with Crippen molar-refractivity contribution < 1.29 is 18.3 Å². The quantitative estimate of drug-likeness (QED) is 0.403. The molecule has 0 unspecified atom stereocenters. The van der Waals surface area contributed by atoms with Gasteiger partial charge in [0.05, 0.1) is 10.9 Å².